The topological polar surface area (TPSA) is 47.6 Å². The number of hydrogen-bond acceptors (Lipinski definition) is 4. The number of hydrogen-bond donors (Lipinski definition) is 1. The number of carbonyl (C=O) groups excluding carboxylic acids is 1. The monoisotopic (exact) mass is 401 g/mol. The van der Waals surface area contributed by atoms with Gasteiger partial charge in [-0.05, 0) is 36.8 Å². The largest absolute Gasteiger partial charge is 0.497 e. The smallest absolute Gasteiger partial charge is 0.289 e. The first kappa shape index (κ1) is 20.5. The van der Waals surface area contributed by atoms with Crippen molar-refractivity contribution in [3.8, 4) is 5.75 Å². The fraction of sp³-hybridized carbons (Fsp3) is 0.278. The second-order valence-corrected chi connectivity index (χ2v) is 6.70. The molecule has 0 saturated heterocycles. The van der Waals surface area contributed by atoms with Crippen molar-refractivity contribution < 1.29 is 23.0 Å². The van der Waals surface area contributed by atoms with E-state index >= 15 is 0 Å². The highest BCUT2D eigenvalue weighted by atomic mass is 35.5. The van der Waals surface area contributed by atoms with Gasteiger partial charge in [0.15, 0.2) is 0 Å². The third-order valence-corrected chi connectivity index (χ3v) is 4.72. The van der Waals surface area contributed by atoms with Gasteiger partial charge in [-0.2, -0.15) is 8.78 Å². The van der Waals surface area contributed by atoms with Crippen LogP contribution < -0.4 is 10.1 Å². The highest BCUT2D eigenvalue weighted by molar-refractivity contribution is 7.99. The lowest BCUT2D eigenvalue weighted by molar-refractivity contribution is -0.127. The Bertz CT molecular complexity index is 761. The van der Waals surface area contributed by atoms with Gasteiger partial charge in [-0.15, -0.1) is 0 Å². The number of halogens is 3. The Morgan fingerprint density at radius 3 is 2.69 bits per heavy atom. The van der Waals surface area contributed by atoms with Crippen molar-refractivity contribution in [3.05, 3.63) is 53.1 Å². The molecule has 1 unspecified atom stereocenters. The summed E-state index contributed by atoms with van der Waals surface area (Å²) in [4.78, 5) is 12.4. The lowest BCUT2D eigenvalue weighted by Gasteiger charge is -2.16. The fourth-order valence-electron chi connectivity index (χ4n) is 2.11. The van der Waals surface area contributed by atoms with Crippen LogP contribution in [0.4, 0.5) is 14.5 Å². The second-order valence-electron chi connectivity index (χ2n) is 5.29. The Hall–Kier alpha value is -1.83. The summed E-state index contributed by atoms with van der Waals surface area (Å²) in [6.45, 7) is 1.79. The Balaban J connectivity index is 1.99. The summed E-state index contributed by atoms with van der Waals surface area (Å²) in [5.74, 6) is -2.41. The van der Waals surface area contributed by atoms with Gasteiger partial charge in [-0.3, -0.25) is 4.79 Å². The van der Waals surface area contributed by atoms with Crippen LogP contribution in [0.15, 0.2) is 47.4 Å². The maximum Gasteiger partial charge on any atom is 0.289 e. The summed E-state index contributed by atoms with van der Waals surface area (Å²) >= 11 is 6.24. The fourth-order valence-corrected chi connectivity index (χ4v) is 3.02. The van der Waals surface area contributed by atoms with Crippen molar-refractivity contribution in [1.29, 1.82) is 0 Å². The van der Waals surface area contributed by atoms with Crippen molar-refractivity contribution >= 4 is 35.0 Å². The molecule has 140 valence electrons. The summed E-state index contributed by atoms with van der Waals surface area (Å²) < 4.78 is 36.1. The number of ether oxygens (including phenoxy) is 2. The van der Waals surface area contributed by atoms with Crippen LogP contribution in [-0.4, -0.2) is 24.9 Å². The molecule has 0 spiro atoms. The zero-order valence-electron chi connectivity index (χ0n) is 14.2. The minimum absolute atomic E-state index is 0.123. The Morgan fingerprint density at radius 1 is 1.27 bits per heavy atom. The van der Waals surface area contributed by atoms with Crippen molar-refractivity contribution in [2.45, 2.75) is 30.3 Å². The standard InChI is InChI=1S/C18H18ClF2NO3S/c1-11(25-10-12-5-3-6-13(9-12)24-2)17(23)22-15-8-4-7-14(19)16(15)26-18(20)21/h3-9,11,18H,10H2,1-2H3,(H,22,23). The molecule has 0 aliphatic rings. The lowest BCUT2D eigenvalue weighted by Crippen LogP contribution is -2.27. The molecule has 0 aliphatic carbocycles. The zero-order valence-corrected chi connectivity index (χ0v) is 15.7. The van der Waals surface area contributed by atoms with Gasteiger partial charge in [-0.1, -0.05) is 41.6 Å². The van der Waals surface area contributed by atoms with Gasteiger partial charge >= 0.3 is 0 Å². The molecule has 0 heterocycles. The summed E-state index contributed by atoms with van der Waals surface area (Å²) in [5, 5.41) is 2.74. The van der Waals surface area contributed by atoms with Crippen LogP contribution in [0.3, 0.4) is 0 Å². The van der Waals surface area contributed by atoms with Crippen LogP contribution in [0.1, 0.15) is 12.5 Å². The molecule has 8 heteroatoms. The van der Waals surface area contributed by atoms with E-state index in [9.17, 15) is 13.6 Å². The normalized spacial score (nSPS) is 12.1. The Labute approximate surface area is 159 Å². The van der Waals surface area contributed by atoms with E-state index < -0.39 is 17.8 Å². The number of anilines is 1. The second kappa shape index (κ2) is 9.75. The molecule has 4 nitrogen and oxygen atoms in total. The van der Waals surface area contributed by atoms with E-state index in [-0.39, 0.29) is 34.0 Å². The van der Waals surface area contributed by atoms with E-state index in [4.69, 9.17) is 21.1 Å². The predicted octanol–water partition coefficient (Wildman–Crippen LogP) is 5.21. The molecule has 0 fully saturated rings. The molecule has 0 aliphatic heterocycles. The third kappa shape index (κ3) is 5.86. The van der Waals surface area contributed by atoms with Crippen molar-refractivity contribution in [2.24, 2.45) is 0 Å². The molecule has 1 atom stereocenters. The quantitative estimate of drug-likeness (QED) is 0.617. The molecular weight excluding hydrogens is 384 g/mol. The van der Waals surface area contributed by atoms with E-state index in [1.165, 1.54) is 12.1 Å². The van der Waals surface area contributed by atoms with Gasteiger partial charge in [-0.25, -0.2) is 0 Å². The number of rotatable bonds is 8. The van der Waals surface area contributed by atoms with Crippen molar-refractivity contribution in [1.82, 2.24) is 0 Å². The number of carbonyl (C=O) groups is 1. The van der Waals surface area contributed by atoms with Crippen LogP contribution in [0.2, 0.25) is 5.02 Å². The highest BCUT2D eigenvalue weighted by Crippen LogP contribution is 2.37. The van der Waals surface area contributed by atoms with E-state index in [2.05, 4.69) is 5.32 Å². The van der Waals surface area contributed by atoms with Crippen molar-refractivity contribution in [2.75, 3.05) is 12.4 Å². The molecule has 1 amide bonds. The minimum atomic E-state index is -2.65. The van der Waals surface area contributed by atoms with Gasteiger partial charge in [0.05, 0.1) is 29.3 Å². The van der Waals surface area contributed by atoms with Crippen LogP contribution in [0.25, 0.3) is 0 Å². The van der Waals surface area contributed by atoms with Crippen LogP contribution in [0, 0.1) is 0 Å². The van der Waals surface area contributed by atoms with E-state index in [0.29, 0.717) is 5.75 Å². The molecule has 1 N–H and O–H groups in total. The number of thioether (sulfide) groups is 1. The minimum Gasteiger partial charge on any atom is -0.497 e. The SMILES string of the molecule is COc1cccc(COC(C)C(=O)Nc2cccc(Cl)c2SC(F)F)c1. The number of benzene rings is 2. The molecule has 0 bridgehead atoms. The van der Waals surface area contributed by atoms with Crippen LogP contribution in [0.5, 0.6) is 5.75 Å². The average Bonchev–Trinajstić information content (AvgIpc) is 2.62. The summed E-state index contributed by atoms with van der Waals surface area (Å²) in [6.07, 6.45) is -0.787. The molecule has 2 aromatic rings. The first-order valence-electron chi connectivity index (χ1n) is 7.69. The van der Waals surface area contributed by atoms with Gasteiger partial charge in [0, 0.05) is 0 Å². The van der Waals surface area contributed by atoms with Crippen LogP contribution in [-0.2, 0) is 16.1 Å². The van der Waals surface area contributed by atoms with E-state index in [0.717, 1.165) is 5.56 Å². The van der Waals surface area contributed by atoms with Gasteiger partial charge in [0.25, 0.3) is 11.7 Å². The average molecular weight is 402 g/mol. The third-order valence-electron chi connectivity index (χ3n) is 3.44. The number of alkyl halides is 2. The number of nitrogens with one attached hydrogen (secondary N) is 1. The Kier molecular flexibility index (Phi) is 7.68. The molecular formula is C18H18ClF2NO3S. The summed E-state index contributed by atoms with van der Waals surface area (Å²) in [6, 6.07) is 11.9. The van der Waals surface area contributed by atoms with Gasteiger partial charge in [0.2, 0.25) is 0 Å². The molecule has 0 saturated carbocycles. The molecule has 0 aromatic heterocycles. The maximum atomic E-state index is 12.7. The predicted molar refractivity (Wildman–Crippen MR) is 99.2 cm³/mol. The van der Waals surface area contributed by atoms with Gasteiger partial charge in [0.1, 0.15) is 11.9 Å². The highest BCUT2D eigenvalue weighted by Gasteiger charge is 2.19. The Morgan fingerprint density at radius 2 is 2.00 bits per heavy atom. The number of amides is 1. The van der Waals surface area contributed by atoms with E-state index in [1.54, 1.807) is 32.2 Å². The first-order chi connectivity index (χ1) is 12.4. The zero-order chi connectivity index (χ0) is 19.1. The van der Waals surface area contributed by atoms with Gasteiger partial charge < -0.3 is 14.8 Å². The molecule has 2 rings (SSSR count). The lowest BCUT2D eigenvalue weighted by atomic mass is 10.2. The molecule has 2 aromatic carbocycles. The molecule has 26 heavy (non-hydrogen) atoms. The summed E-state index contributed by atoms with van der Waals surface area (Å²) in [5.41, 5.74) is 1.07. The van der Waals surface area contributed by atoms with Crippen molar-refractivity contribution in [3.63, 3.8) is 0 Å². The maximum absolute atomic E-state index is 12.7. The molecule has 0 radical (unpaired) electrons. The first-order valence-corrected chi connectivity index (χ1v) is 8.95. The number of methoxy groups -OCH3 is 1. The van der Waals surface area contributed by atoms with Crippen LogP contribution >= 0.6 is 23.4 Å². The summed E-state index contributed by atoms with van der Waals surface area (Å²) in [7, 11) is 1.57. The van der Waals surface area contributed by atoms with E-state index in [1.807, 2.05) is 12.1 Å².